The van der Waals surface area contributed by atoms with Gasteiger partial charge in [0.2, 0.25) is 0 Å². The predicted molar refractivity (Wildman–Crippen MR) is 565 cm³/mol. The molecule has 13 nitrogen and oxygen atoms in total. The summed E-state index contributed by atoms with van der Waals surface area (Å²) in [4.78, 5) is 44.4. The van der Waals surface area contributed by atoms with Gasteiger partial charge in [0, 0.05) is 99.5 Å². The second-order valence-electron chi connectivity index (χ2n) is 33.8. The van der Waals surface area contributed by atoms with Crippen molar-refractivity contribution in [2.45, 2.75) is 0 Å². The van der Waals surface area contributed by atoms with Crippen molar-refractivity contribution in [3.63, 3.8) is 0 Å². The average molecular weight is 1780 g/mol. The van der Waals surface area contributed by atoms with Crippen LogP contribution in [-0.4, -0.2) is 66.6 Å². The molecule has 138 heavy (non-hydrogen) atoms. The highest BCUT2D eigenvalue weighted by Gasteiger charge is 2.42. The first-order chi connectivity index (χ1) is 68.4. The SMILES string of the molecule is N#Cc1ccc2c(c1)c1ccccc1n2-c1cccc(-c2nc(-c3ccccc3)nc(-c3ccccc3)n2)c1.c1ccc(-c2ccc3c(c2)c2ccccc2n3-c2cccc(-c3nc(-c4ccccc4)nc(-c4ccccc4)n3)c2)cc1.c1ccc(-c2nc(-c3ccccc3)nc(-c3cccc(-n4c5ccccc5c5cc([Si](c6ccccc6)(c6ccccc6)c6ccccc6)ccc54)c3)n2)cc1. The van der Waals surface area contributed by atoms with Crippen molar-refractivity contribution in [3.05, 3.63) is 509 Å². The number of hydrogen-bond acceptors (Lipinski definition) is 10. The van der Waals surface area contributed by atoms with E-state index < -0.39 is 8.07 Å². The summed E-state index contributed by atoms with van der Waals surface area (Å²) in [5.41, 5.74) is 21.3. The molecule has 0 saturated heterocycles. The molecule has 0 unspecified atom stereocenters. The van der Waals surface area contributed by atoms with Crippen molar-refractivity contribution in [1.29, 1.82) is 5.26 Å². The minimum Gasteiger partial charge on any atom is -0.309 e. The molecular weight excluding hydrogens is 1700 g/mol. The first kappa shape index (κ1) is 83.6. The molecule has 6 heterocycles. The summed E-state index contributed by atoms with van der Waals surface area (Å²) in [6.45, 7) is 0. The zero-order valence-electron chi connectivity index (χ0n) is 74.7. The lowest BCUT2D eigenvalue weighted by Crippen LogP contribution is -2.74. The molecule has 0 aliphatic heterocycles. The molecule has 0 saturated carbocycles. The van der Waals surface area contributed by atoms with E-state index in [1.807, 2.05) is 224 Å². The van der Waals surface area contributed by atoms with E-state index in [2.05, 4.69) is 299 Å². The fourth-order valence-corrected chi connectivity index (χ4v) is 23.9. The van der Waals surface area contributed by atoms with Crippen LogP contribution in [0.2, 0.25) is 0 Å². The predicted octanol–water partition coefficient (Wildman–Crippen LogP) is 26.8. The average Bonchev–Trinajstić information content (AvgIpc) is 0.737. The number of fused-ring (bicyclic) bond motifs is 9. The largest absolute Gasteiger partial charge is 0.309 e. The normalized spacial score (nSPS) is 11.3. The fourth-order valence-electron chi connectivity index (χ4n) is 19.1. The molecule has 0 aliphatic carbocycles. The van der Waals surface area contributed by atoms with Gasteiger partial charge in [-0.15, -0.1) is 0 Å². The number of nitrogens with zero attached hydrogens (tertiary/aromatic N) is 13. The Morgan fingerprint density at radius 2 is 0.391 bits per heavy atom. The number of aromatic nitrogens is 12. The highest BCUT2D eigenvalue weighted by atomic mass is 28.3. The van der Waals surface area contributed by atoms with Gasteiger partial charge in [0.25, 0.3) is 0 Å². The van der Waals surface area contributed by atoms with Gasteiger partial charge in [0.15, 0.2) is 60.5 Å². The Morgan fingerprint density at radius 3 is 0.696 bits per heavy atom. The van der Waals surface area contributed by atoms with Gasteiger partial charge in [-0.1, -0.05) is 413 Å². The third-order valence-corrected chi connectivity index (χ3v) is 30.3. The molecule has 0 amide bonds. The molecule has 25 rings (SSSR count). The van der Waals surface area contributed by atoms with Gasteiger partial charge in [-0.25, -0.2) is 44.9 Å². The lowest BCUT2D eigenvalue weighted by atomic mass is 10.0. The Bertz CT molecular complexity index is 8540. The van der Waals surface area contributed by atoms with Gasteiger partial charge in [0.1, 0.15) is 0 Å². The molecule has 0 bridgehead atoms. The van der Waals surface area contributed by atoms with Gasteiger partial charge in [-0.2, -0.15) is 5.26 Å². The van der Waals surface area contributed by atoms with E-state index in [0.29, 0.717) is 58.0 Å². The highest BCUT2D eigenvalue weighted by Crippen LogP contribution is 2.41. The Kier molecular flexibility index (Phi) is 22.5. The van der Waals surface area contributed by atoms with E-state index >= 15 is 0 Å². The topological polar surface area (TPSA) is 155 Å². The van der Waals surface area contributed by atoms with Crippen molar-refractivity contribution < 1.29 is 0 Å². The van der Waals surface area contributed by atoms with E-state index in [1.165, 1.54) is 53.4 Å². The second-order valence-corrected chi connectivity index (χ2v) is 37.7. The zero-order valence-corrected chi connectivity index (χ0v) is 75.7. The molecule has 25 aromatic rings. The Hall–Kier alpha value is -18.7. The van der Waals surface area contributed by atoms with Gasteiger partial charge in [0.05, 0.1) is 44.7 Å². The van der Waals surface area contributed by atoms with Crippen molar-refractivity contribution in [2.24, 2.45) is 0 Å². The van der Waals surface area contributed by atoms with Crippen molar-refractivity contribution in [1.82, 2.24) is 58.6 Å². The third kappa shape index (κ3) is 16.2. The van der Waals surface area contributed by atoms with Crippen LogP contribution in [0.25, 0.3) is 196 Å². The molecule has 19 aromatic carbocycles. The molecular formula is C124H83N13Si. The van der Waals surface area contributed by atoms with Crippen LogP contribution in [0.15, 0.2) is 504 Å². The minimum absolute atomic E-state index is 0.608. The maximum Gasteiger partial charge on any atom is 0.179 e. The summed E-state index contributed by atoms with van der Waals surface area (Å²) in [5, 5.41) is 21.9. The Balaban J connectivity index is 0.000000118. The molecule has 0 fully saturated rings. The Labute approximate surface area is 798 Å². The molecule has 0 aliphatic rings. The Morgan fingerprint density at radius 1 is 0.159 bits per heavy atom. The van der Waals surface area contributed by atoms with Crippen molar-refractivity contribution in [2.75, 3.05) is 0 Å². The van der Waals surface area contributed by atoms with E-state index in [9.17, 15) is 5.26 Å². The van der Waals surface area contributed by atoms with Crippen LogP contribution >= 0.6 is 0 Å². The van der Waals surface area contributed by atoms with Gasteiger partial charge < -0.3 is 13.7 Å². The van der Waals surface area contributed by atoms with Gasteiger partial charge in [-0.3, -0.25) is 0 Å². The zero-order chi connectivity index (χ0) is 92.1. The number of benzene rings is 19. The van der Waals surface area contributed by atoms with Gasteiger partial charge >= 0.3 is 0 Å². The summed E-state index contributed by atoms with van der Waals surface area (Å²) < 4.78 is 6.94. The molecule has 0 N–H and O–H groups in total. The first-order valence-electron chi connectivity index (χ1n) is 46.0. The second kappa shape index (κ2) is 37.2. The molecule has 14 heteroatoms. The van der Waals surface area contributed by atoms with Crippen LogP contribution in [0.5, 0.6) is 0 Å². The first-order valence-corrected chi connectivity index (χ1v) is 48.0. The maximum atomic E-state index is 9.49. The van der Waals surface area contributed by atoms with E-state index in [1.54, 1.807) is 0 Å². The monoisotopic (exact) mass is 1780 g/mol. The molecule has 0 radical (unpaired) electrons. The van der Waals surface area contributed by atoms with E-state index in [-0.39, 0.29) is 0 Å². The number of hydrogen-bond donors (Lipinski definition) is 0. The van der Waals surface area contributed by atoms with Crippen molar-refractivity contribution in [3.8, 4) is 137 Å². The van der Waals surface area contributed by atoms with Crippen LogP contribution in [0.4, 0.5) is 0 Å². The summed E-state index contributed by atoms with van der Waals surface area (Å²) in [6, 6.07) is 177. The minimum atomic E-state index is -2.73. The molecule has 0 spiro atoms. The quantitative estimate of drug-likeness (QED) is 0.0635. The number of rotatable bonds is 17. The lowest BCUT2D eigenvalue weighted by molar-refractivity contribution is 1.07. The lowest BCUT2D eigenvalue weighted by Gasteiger charge is -2.34. The molecule has 0 atom stereocenters. The van der Waals surface area contributed by atoms with Crippen LogP contribution in [-0.2, 0) is 0 Å². The summed E-state index contributed by atoms with van der Waals surface area (Å²) >= 11 is 0. The summed E-state index contributed by atoms with van der Waals surface area (Å²) in [7, 11) is -2.73. The smallest absolute Gasteiger partial charge is 0.179 e. The van der Waals surface area contributed by atoms with Crippen molar-refractivity contribution >= 4 is 94.2 Å². The summed E-state index contributed by atoms with van der Waals surface area (Å²) in [5.74, 6) is 5.74. The van der Waals surface area contributed by atoms with Crippen LogP contribution in [0.3, 0.4) is 0 Å². The van der Waals surface area contributed by atoms with Gasteiger partial charge in [-0.05, 0) is 123 Å². The fraction of sp³-hybridized carbons (Fsp3) is 0. The number of nitriles is 1. The maximum absolute atomic E-state index is 9.49. The molecule has 6 aromatic heterocycles. The highest BCUT2D eigenvalue weighted by molar-refractivity contribution is 7.20. The van der Waals surface area contributed by atoms with Crippen LogP contribution < -0.4 is 20.7 Å². The standard InChI is InChI=1S/C51H36N4Si.C39H26N4.C34H21N5/c1-6-19-37(20-7-1)49-52-50(38-21-8-2-9-22-38)54-51(53-49)39-23-18-24-40(35-39)55-47-32-17-16-31-45(47)46-36-44(33-34-48(46)55)56(41-25-10-3-11-26-41,42-27-12-4-13-28-42)43-29-14-5-15-30-43;1-4-13-27(14-5-1)30-23-24-36-34(26-30)33-21-10-11-22-35(33)43(36)32-20-12-19-31(25-32)39-41-37(28-15-6-2-7-16-28)40-38(42-39)29-17-8-3-9-18-29;35-22-23-18-19-31-29(20-23)28-16-7-8-17-30(28)39(31)27-15-9-14-26(21-27)34-37-32(24-10-3-1-4-11-24)36-33(38-34)25-12-5-2-6-13-25/h1-36H;1-26H;1-21H. The van der Waals surface area contributed by atoms with Crippen LogP contribution in [0.1, 0.15) is 5.56 Å². The third-order valence-electron chi connectivity index (χ3n) is 25.5. The number of para-hydroxylation sites is 3. The van der Waals surface area contributed by atoms with E-state index in [4.69, 9.17) is 44.9 Å². The van der Waals surface area contributed by atoms with Crippen LogP contribution in [0, 0.1) is 11.3 Å². The molecule has 648 valence electrons. The summed E-state index contributed by atoms with van der Waals surface area (Å²) in [6.07, 6.45) is 0. The van der Waals surface area contributed by atoms with E-state index in [0.717, 1.165) is 111 Å².